The standard InChI is InChI=1S/C32H42N8O9S2/c1-32(2,31(41)40(4)12-14-49-16-15-48-13-11-35-3)21-18-23(22-7-5-6-8-27(22)50(44,45)38-42)28(51(46,47)39-43)24(19-21)30-36-25-10-9-20(29(33)34)17-26(25)37-30/h5-10,17-19,35,38-39,42-43H,11-16H2,1-4H3,(H3,33,34)(H,36,37). The monoisotopic (exact) mass is 746 g/mol. The Hall–Kier alpha value is -4.31. The molecule has 9 N–H and O–H groups in total. The van der Waals surface area contributed by atoms with Crippen LogP contribution in [-0.2, 0) is 39.7 Å². The maximum absolute atomic E-state index is 14.0. The van der Waals surface area contributed by atoms with Crippen molar-refractivity contribution in [1.82, 2.24) is 30.0 Å². The van der Waals surface area contributed by atoms with E-state index in [4.69, 9.17) is 20.6 Å². The van der Waals surface area contributed by atoms with E-state index in [-0.39, 0.29) is 53.0 Å². The van der Waals surface area contributed by atoms with E-state index in [0.29, 0.717) is 43.0 Å². The summed E-state index contributed by atoms with van der Waals surface area (Å²) in [6.07, 6.45) is 0. The molecule has 3 aromatic carbocycles. The minimum absolute atomic E-state index is 0.0230. The summed E-state index contributed by atoms with van der Waals surface area (Å²) in [5.41, 5.74) is 5.15. The first-order valence-electron chi connectivity index (χ1n) is 15.6. The number of aromatic nitrogens is 2. The molecular weight excluding hydrogens is 705 g/mol. The number of carbonyl (C=O) groups is 1. The molecule has 276 valence electrons. The molecule has 0 fully saturated rings. The molecule has 0 aliphatic heterocycles. The predicted octanol–water partition coefficient (Wildman–Crippen LogP) is 1.50. The van der Waals surface area contributed by atoms with Crippen molar-refractivity contribution < 1.29 is 41.5 Å². The fourth-order valence-electron chi connectivity index (χ4n) is 5.37. The van der Waals surface area contributed by atoms with Gasteiger partial charge in [0.05, 0.1) is 47.8 Å². The van der Waals surface area contributed by atoms with Gasteiger partial charge < -0.3 is 40.8 Å². The fraction of sp³-hybridized carbons (Fsp3) is 0.344. The third-order valence-electron chi connectivity index (χ3n) is 8.16. The van der Waals surface area contributed by atoms with Crippen molar-refractivity contribution in [2.24, 2.45) is 5.73 Å². The Morgan fingerprint density at radius 3 is 2.24 bits per heavy atom. The molecule has 19 heteroatoms. The van der Waals surface area contributed by atoms with Crippen molar-refractivity contribution in [3.05, 3.63) is 65.7 Å². The van der Waals surface area contributed by atoms with Crippen LogP contribution in [0.5, 0.6) is 0 Å². The Labute approximate surface area is 295 Å². The number of amides is 1. The maximum atomic E-state index is 14.0. The summed E-state index contributed by atoms with van der Waals surface area (Å²) >= 11 is 0. The zero-order valence-electron chi connectivity index (χ0n) is 28.5. The molecule has 4 rings (SSSR count). The number of nitrogen functional groups attached to an aromatic ring is 1. The van der Waals surface area contributed by atoms with Crippen LogP contribution in [0, 0.1) is 5.41 Å². The molecule has 0 spiro atoms. The number of imidazole rings is 1. The van der Waals surface area contributed by atoms with Gasteiger partial charge in [0.15, 0.2) is 0 Å². The molecule has 4 aromatic rings. The number of hydrogen-bond donors (Lipinski definition) is 8. The van der Waals surface area contributed by atoms with E-state index in [2.05, 4.69) is 15.3 Å². The zero-order valence-corrected chi connectivity index (χ0v) is 30.1. The lowest BCUT2D eigenvalue weighted by Gasteiger charge is -2.31. The number of ether oxygens (including phenoxy) is 2. The molecule has 0 atom stereocenters. The highest BCUT2D eigenvalue weighted by atomic mass is 32.2. The van der Waals surface area contributed by atoms with E-state index in [0.717, 1.165) is 6.07 Å². The SMILES string of the molecule is CNCCOCCOCCN(C)C(=O)C(C)(C)c1cc(-c2nc3cc(C(=N)N)ccc3[nH]2)c(S(=O)(=O)NO)c(-c2ccccc2S(=O)(=O)NO)c1. The Bertz CT molecular complexity index is 2120. The molecule has 0 radical (unpaired) electrons. The molecule has 0 aliphatic rings. The second-order valence-corrected chi connectivity index (χ2v) is 15.2. The van der Waals surface area contributed by atoms with E-state index in [1.807, 2.05) is 7.05 Å². The highest BCUT2D eigenvalue weighted by molar-refractivity contribution is 7.90. The lowest BCUT2D eigenvalue weighted by Crippen LogP contribution is -2.43. The third-order valence-corrected chi connectivity index (χ3v) is 10.5. The third kappa shape index (κ3) is 8.78. The first-order valence-corrected chi connectivity index (χ1v) is 18.6. The first-order chi connectivity index (χ1) is 24.1. The number of nitrogens with two attached hydrogens (primary N) is 1. The summed E-state index contributed by atoms with van der Waals surface area (Å²) < 4.78 is 64.3. The summed E-state index contributed by atoms with van der Waals surface area (Å²) in [6, 6.07) is 12.8. The van der Waals surface area contributed by atoms with Crippen molar-refractivity contribution >= 4 is 42.8 Å². The molecule has 0 saturated heterocycles. The van der Waals surface area contributed by atoms with Crippen molar-refractivity contribution in [3.63, 3.8) is 0 Å². The molecule has 1 amide bonds. The average Bonchev–Trinajstić information content (AvgIpc) is 3.55. The summed E-state index contributed by atoms with van der Waals surface area (Å²) in [5, 5.41) is 30.2. The van der Waals surface area contributed by atoms with Gasteiger partial charge in [0.2, 0.25) is 5.91 Å². The van der Waals surface area contributed by atoms with Crippen LogP contribution in [0.4, 0.5) is 0 Å². The van der Waals surface area contributed by atoms with Gasteiger partial charge in [-0.25, -0.2) is 21.8 Å². The van der Waals surface area contributed by atoms with Crippen LogP contribution in [0.2, 0.25) is 0 Å². The summed E-state index contributed by atoms with van der Waals surface area (Å²) in [7, 11) is -5.99. The zero-order chi connectivity index (χ0) is 37.6. The minimum atomic E-state index is -4.82. The Morgan fingerprint density at radius 2 is 1.59 bits per heavy atom. The van der Waals surface area contributed by atoms with Crippen molar-refractivity contribution in [1.29, 1.82) is 5.41 Å². The van der Waals surface area contributed by atoms with Gasteiger partial charge in [-0.3, -0.25) is 10.2 Å². The van der Waals surface area contributed by atoms with Crippen molar-refractivity contribution in [3.8, 4) is 22.5 Å². The number of aromatic amines is 1. The van der Waals surface area contributed by atoms with E-state index >= 15 is 0 Å². The minimum Gasteiger partial charge on any atom is -0.384 e. The number of sulfonamides is 2. The van der Waals surface area contributed by atoms with Crippen LogP contribution in [-0.4, -0.2) is 107 Å². The number of hydrogen-bond acceptors (Lipinski definition) is 12. The number of likely N-dealkylation sites (N-methyl/N-ethyl adjacent to an activating group) is 2. The van der Waals surface area contributed by atoms with Crippen LogP contribution in [0.25, 0.3) is 33.5 Å². The van der Waals surface area contributed by atoms with Gasteiger partial charge in [-0.1, -0.05) is 28.0 Å². The lowest BCUT2D eigenvalue weighted by atomic mass is 9.80. The average molecular weight is 747 g/mol. The van der Waals surface area contributed by atoms with E-state index in [9.17, 15) is 32.0 Å². The number of nitrogens with one attached hydrogen (secondary N) is 5. The summed E-state index contributed by atoms with van der Waals surface area (Å²) in [4.78, 5) is 24.6. The van der Waals surface area contributed by atoms with E-state index in [1.54, 1.807) is 33.0 Å². The molecule has 0 saturated carbocycles. The Morgan fingerprint density at radius 1 is 0.941 bits per heavy atom. The molecule has 0 aliphatic carbocycles. The Balaban J connectivity index is 1.91. The van der Waals surface area contributed by atoms with Gasteiger partial charge in [-0.2, -0.15) is 0 Å². The number of fused-ring (bicyclic) bond motifs is 1. The summed E-state index contributed by atoms with van der Waals surface area (Å²) in [5.74, 6) is -0.621. The molecule has 1 aromatic heterocycles. The number of nitrogens with zero attached hydrogens (tertiary/aromatic N) is 2. The molecular formula is C32H42N8O9S2. The fourth-order valence-corrected chi connectivity index (χ4v) is 7.19. The normalized spacial score (nSPS) is 12.4. The number of amidine groups is 1. The summed E-state index contributed by atoms with van der Waals surface area (Å²) in [6.45, 7) is 5.62. The highest BCUT2D eigenvalue weighted by Gasteiger charge is 2.37. The van der Waals surface area contributed by atoms with E-state index in [1.165, 1.54) is 51.1 Å². The maximum Gasteiger partial charge on any atom is 0.263 e. The molecule has 17 nitrogen and oxygen atoms in total. The quantitative estimate of drug-likeness (QED) is 0.0312. The number of carbonyl (C=O) groups excluding carboxylic acids is 1. The first kappa shape index (κ1) is 39.5. The van der Waals surface area contributed by atoms with Crippen molar-refractivity contribution in [2.45, 2.75) is 29.1 Å². The van der Waals surface area contributed by atoms with Gasteiger partial charge >= 0.3 is 0 Å². The second kappa shape index (κ2) is 16.4. The lowest BCUT2D eigenvalue weighted by molar-refractivity contribution is -0.135. The second-order valence-electron chi connectivity index (χ2n) is 12.0. The largest absolute Gasteiger partial charge is 0.384 e. The van der Waals surface area contributed by atoms with Crippen LogP contribution in [0.1, 0.15) is 25.0 Å². The number of H-pyrrole nitrogens is 1. The van der Waals surface area contributed by atoms with Gasteiger partial charge in [0, 0.05) is 42.4 Å². The van der Waals surface area contributed by atoms with E-state index < -0.39 is 35.3 Å². The van der Waals surface area contributed by atoms with Gasteiger partial charge in [-0.05, 0) is 62.9 Å². The van der Waals surface area contributed by atoms with Crippen LogP contribution in [0.3, 0.4) is 0 Å². The van der Waals surface area contributed by atoms with Crippen molar-refractivity contribution in [2.75, 3.05) is 53.6 Å². The number of benzene rings is 3. The topological polar surface area (TPSA) is 262 Å². The molecule has 51 heavy (non-hydrogen) atoms. The van der Waals surface area contributed by atoms with Crippen LogP contribution >= 0.6 is 0 Å². The van der Waals surface area contributed by atoms with Gasteiger partial charge in [0.1, 0.15) is 16.6 Å². The van der Waals surface area contributed by atoms with Crippen LogP contribution in [0.15, 0.2) is 64.4 Å². The predicted molar refractivity (Wildman–Crippen MR) is 188 cm³/mol. The molecule has 1 heterocycles. The molecule has 0 unspecified atom stereocenters. The Kier molecular flexibility index (Phi) is 12.7. The highest BCUT2D eigenvalue weighted by Crippen LogP contribution is 2.42. The van der Waals surface area contributed by atoms with Gasteiger partial charge in [-0.15, -0.1) is 0 Å². The van der Waals surface area contributed by atoms with Gasteiger partial charge in [0.25, 0.3) is 20.0 Å². The van der Waals surface area contributed by atoms with Crippen LogP contribution < -0.4 is 20.8 Å². The smallest absolute Gasteiger partial charge is 0.263 e. The molecule has 0 bridgehead atoms. The number of rotatable bonds is 18.